The number of carbonyl (C=O) groups excluding carboxylic acids is 2. The van der Waals surface area contributed by atoms with Gasteiger partial charge < -0.3 is 18.9 Å². The molecule has 0 unspecified atom stereocenters. The van der Waals surface area contributed by atoms with Gasteiger partial charge in [0.05, 0.1) is 4.47 Å². The van der Waals surface area contributed by atoms with Crippen molar-refractivity contribution in [2.24, 2.45) is 0 Å². The van der Waals surface area contributed by atoms with Crippen LogP contribution in [0.3, 0.4) is 0 Å². The van der Waals surface area contributed by atoms with Crippen LogP contribution in [-0.4, -0.2) is 31.6 Å². The number of carbonyl (C=O) groups is 2. The van der Waals surface area contributed by atoms with Crippen LogP contribution < -0.4 is 4.74 Å². The highest BCUT2D eigenvalue weighted by molar-refractivity contribution is 9.10. The molecule has 1 aromatic carbocycles. The fraction of sp³-hybridized carbons (Fsp3) is 0.333. The molecule has 0 aromatic heterocycles. The van der Waals surface area contributed by atoms with E-state index in [9.17, 15) is 9.59 Å². The molecule has 1 aliphatic rings. The average Bonchev–Trinajstić information content (AvgIpc) is 2.41. The number of methoxy groups -OCH3 is 1. The molecular weight excluding hydrogens is 356 g/mol. The second-order valence-corrected chi connectivity index (χ2v) is 5.83. The van der Waals surface area contributed by atoms with Crippen LogP contribution in [0.25, 0.3) is 6.08 Å². The van der Waals surface area contributed by atoms with Gasteiger partial charge in [0.1, 0.15) is 11.3 Å². The number of cyclic esters (lactones) is 2. The molecule has 0 spiro atoms. The number of rotatable bonds is 4. The second-order valence-electron chi connectivity index (χ2n) is 4.98. The van der Waals surface area contributed by atoms with Crippen LogP contribution in [0.1, 0.15) is 19.4 Å². The highest BCUT2D eigenvalue weighted by Gasteiger charge is 2.38. The molecular formula is C15H15BrO6. The normalized spacial score (nSPS) is 16.8. The first kappa shape index (κ1) is 16.5. The van der Waals surface area contributed by atoms with Crippen LogP contribution >= 0.6 is 15.9 Å². The van der Waals surface area contributed by atoms with Crippen molar-refractivity contribution in [3.05, 3.63) is 33.8 Å². The minimum absolute atomic E-state index is 0.118. The minimum atomic E-state index is -1.25. The number of hydrogen-bond acceptors (Lipinski definition) is 6. The Morgan fingerprint density at radius 2 is 1.86 bits per heavy atom. The van der Waals surface area contributed by atoms with Crippen molar-refractivity contribution in [1.29, 1.82) is 0 Å². The SMILES string of the molecule is COCOc1ccc(C=C2C(=O)OC(C)(C)OC2=O)cc1Br. The Bertz CT molecular complexity index is 613. The van der Waals surface area contributed by atoms with Crippen molar-refractivity contribution in [2.45, 2.75) is 19.6 Å². The topological polar surface area (TPSA) is 71.1 Å². The smallest absolute Gasteiger partial charge is 0.348 e. The van der Waals surface area contributed by atoms with Gasteiger partial charge in [-0.05, 0) is 39.7 Å². The summed E-state index contributed by atoms with van der Waals surface area (Å²) in [6.07, 6.45) is 1.41. The lowest BCUT2D eigenvalue weighted by Gasteiger charge is -2.29. The molecule has 1 heterocycles. The molecule has 6 nitrogen and oxygen atoms in total. The molecule has 0 atom stereocenters. The van der Waals surface area contributed by atoms with Gasteiger partial charge in [-0.2, -0.15) is 0 Å². The third-order valence-corrected chi connectivity index (χ3v) is 3.34. The predicted octanol–water partition coefficient (Wildman–Crippen LogP) is 2.65. The molecule has 7 heteroatoms. The van der Waals surface area contributed by atoms with Gasteiger partial charge in [-0.1, -0.05) is 6.07 Å². The Labute approximate surface area is 136 Å². The van der Waals surface area contributed by atoms with Gasteiger partial charge in [-0.15, -0.1) is 0 Å². The minimum Gasteiger partial charge on any atom is -0.466 e. The van der Waals surface area contributed by atoms with E-state index in [1.54, 1.807) is 18.2 Å². The summed E-state index contributed by atoms with van der Waals surface area (Å²) in [5.41, 5.74) is 0.469. The van der Waals surface area contributed by atoms with Gasteiger partial charge in [-0.25, -0.2) is 9.59 Å². The Morgan fingerprint density at radius 3 is 2.41 bits per heavy atom. The molecule has 2 rings (SSSR count). The molecule has 1 saturated heterocycles. The summed E-state index contributed by atoms with van der Waals surface area (Å²) in [5.74, 6) is -2.09. The molecule has 1 aliphatic heterocycles. The molecule has 22 heavy (non-hydrogen) atoms. The summed E-state index contributed by atoms with van der Waals surface area (Å²) in [6, 6.07) is 5.10. The largest absolute Gasteiger partial charge is 0.466 e. The van der Waals surface area contributed by atoms with E-state index in [1.165, 1.54) is 27.0 Å². The molecule has 118 valence electrons. The van der Waals surface area contributed by atoms with Crippen LogP contribution in [-0.2, 0) is 23.8 Å². The van der Waals surface area contributed by atoms with Gasteiger partial charge in [-0.3, -0.25) is 0 Å². The Morgan fingerprint density at radius 1 is 1.23 bits per heavy atom. The molecule has 0 aliphatic carbocycles. The number of ether oxygens (including phenoxy) is 4. The summed E-state index contributed by atoms with van der Waals surface area (Å²) in [6.45, 7) is 3.11. The van der Waals surface area contributed by atoms with Gasteiger partial charge >= 0.3 is 11.9 Å². The number of benzene rings is 1. The van der Waals surface area contributed by atoms with Crippen molar-refractivity contribution < 1.29 is 28.5 Å². The number of esters is 2. The molecule has 0 N–H and O–H groups in total. The zero-order chi connectivity index (χ0) is 16.3. The number of hydrogen-bond donors (Lipinski definition) is 0. The fourth-order valence-corrected chi connectivity index (χ4v) is 2.30. The Hall–Kier alpha value is -1.86. The van der Waals surface area contributed by atoms with Crippen molar-refractivity contribution in [2.75, 3.05) is 13.9 Å². The third kappa shape index (κ3) is 3.86. The monoisotopic (exact) mass is 370 g/mol. The summed E-state index contributed by atoms with van der Waals surface area (Å²) in [5, 5.41) is 0. The van der Waals surface area contributed by atoms with Crippen molar-refractivity contribution in [1.82, 2.24) is 0 Å². The van der Waals surface area contributed by atoms with E-state index < -0.39 is 17.7 Å². The maximum atomic E-state index is 11.9. The van der Waals surface area contributed by atoms with Gasteiger partial charge in [0.25, 0.3) is 5.79 Å². The zero-order valence-electron chi connectivity index (χ0n) is 12.3. The van der Waals surface area contributed by atoms with E-state index in [2.05, 4.69) is 15.9 Å². The first-order valence-electron chi connectivity index (χ1n) is 6.42. The Balaban J connectivity index is 2.24. The van der Waals surface area contributed by atoms with Crippen molar-refractivity contribution in [3.63, 3.8) is 0 Å². The van der Waals surface area contributed by atoms with E-state index >= 15 is 0 Å². The van der Waals surface area contributed by atoms with E-state index in [0.717, 1.165) is 0 Å². The van der Waals surface area contributed by atoms with Crippen LogP contribution in [0.15, 0.2) is 28.2 Å². The highest BCUT2D eigenvalue weighted by Crippen LogP contribution is 2.29. The van der Waals surface area contributed by atoms with E-state index in [-0.39, 0.29) is 12.4 Å². The van der Waals surface area contributed by atoms with Crippen molar-refractivity contribution in [3.8, 4) is 5.75 Å². The lowest BCUT2D eigenvalue weighted by Crippen LogP contribution is -2.41. The summed E-state index contributed by atoms with van der Waals surface area (Å²) in [4.78, 5) is 23.7. The van der Waals surface area contributed by atoms with Crippen molar-refractivity contribution >= 4 is 33.9 Å². The fourth-order valence-electron chi connectivity index (χ4n) is 1.79. The molecule has 0 amide bonds. The van der Waals surface area contributed by atoms with Gasteiger partial charge in [0.2, 0.25) is 0 Å². The maximum Gasteiger partial charge on any atom is 0.348 e. The Kier molecular flexibility index (Phi) is 4.87. The first-order chi connectivity index (χ1) is 10.3. The van der Waals surface area contributed by atoms with Gasteiger partial charge in [0, 0.05) is 21.0 Å². The third-order valence-electron chi connectivity index (χ3n) is 2.72. The standard InChI is InChI=1S/C15H15BrO6/c1-15(2)21-13(17)10(14(18)22-15)6-9-4-5-12(11(16)7-9)20-8-19-3/h4-7H,8H2,1-3H3. The lowest BCUT2D eigenvalue weighted by atomic mass is 10.1. The molecule has 1 aromatic rings. The summed E-state index contributed by atoms with van der Waals surface area (Å²) >= 11 is 3.35. The maximum absolute atomic E-state index is 11.9. The average molecular weight is 371 g/mol. The van der Waals surface area contributed by atoms with Crippen LogP contribution in [0, 0.1) is 0 Å². The van der Waals surface area contributed by atoms with E-state index in [0.29, 0.717) is 15.8 Å². The van der Waals surface area contributed by atoms with E-state index in [1.807, 2.05) is 0 Å². The quantitative estimate of drug-likeness (QED) is 0.351. The van der Waals surface area contributed by atoms with E-state index in [4.69, 9.17) is 18.9 Å². The summed E-state index contributed by atoms with van der Waals surface area (Å²) in [7, 11) is 1.52. The van der Waals surface area contributed by atoms with Crippen LogP contribution in [0.5, 0.6) is 5.75 Å². The molecule has 1 fully saturated rings. The first-order valence-corrected chi connectivity index (χ1v) is 7.21. The molecule has 0 saturated carbocycles. The predicted molar refractivity (Wildman–Crippen MR) is 80.9 cm³/mol. The second kappa shape index (κ2) is 6.50. The van der Waals surface area contributed by atoms with Gasteiger partial charge in [0.15, 0.2) is 6.79 Å². The molecule has 0 radical (unpaired) electrons. The lowest BCUT2D eigenvalue weighted by molar-refractivity contribution is -0.222. The summed E-state index contributed by atoms with van der Waals surface area (Å²) < 4.78 is 20.9. The van der Waals surface area contributed by atoms with Crippen LogP contribution in [0.2, 0.25) is 0 Å². The number of halogens is 1. The van der Waals surface area contributed by atoms with Crippen LogP contribution in [0.4, 0.5) is 0 Å². The highest BCUT2D eigenvalue weighted by atomic mass is 79.9. The zero-order valence-corrected chi connectivity index (χ0v) is 13.9. The molecule has 0 bridgehead atoms.